The van der Waals surface area contributed by atoms with Gasteiger partial charge in [-0.2, -0.15) is 0 Å². The van der Waals surface area contributed by atoms with Crippen LogP contribution in [-0.4, -0.2) is 4.98 Å². The van der Waals surface area contributed by atoms with Crippen molar-refractivity contribution in [2.24, 2.45) is 5.73 Å². The van der Waals surface area contributed by atoms with E-state index < -0.39 is 0 Å². The molecule has 2 N–H and O–H groups in total. The Balaban J connectivity index is 1.95. The normalized spacial score (nSPS) is 19.2. The molecule has 4 heteroatoms. The van der Waals surface area contributed by atoms with Crippen molar-refractivity contribution in [2.45, 2.75) is 24.8 Å². The van der Waals surface area contributed by atoms with E-state index in [0.717, 1.165) is 18.5 Å². The van der Waals surface area contributed by atoms with Crippen molar-refractivity contribution >= 4 is 11.6 Å². The van der Waals surface area contributed by atoms with E-state index in [1.807, 2.05) is 6.07 Å². The monoisotopic (exact) mass is 276 g/mol. The summed E-state index contributed by atoms with van der Waals surface area (Å²) >= 11 is 5.77. The molecule has 2 unspecified atom stereocenters. The highest BCUT2D eigenvalue weighted by atomic mass is 35.5. The van der Waals surface area contributed by atoms with Gasteiger partial charge in [0.1, 0.15) is 5.82 Å². The molecule has 1 heterocycles. The molecule has 1 aliphatic rings. The minimum atomic E-state index is -0.381. The second kappa shape index (κ2) is 4.91. The number of aromatic nitrogens is 1. The van der Waals surface area contributed by atoms with E-state index in [0.29, 0.717) is 10.6 Å². The molecule has 19 heavy (non-hydrogen) atoms. The molecule has 1 aromatic heterocycles. The van der Waals surface area contributed by atoms with Crippen LogP contribution in [0.3, 0.4) is 0 Å². The zero-order valence-corrected chi connectivity index (χ0v) is 11.1. The van der Waals surface area contributed by atoms with Gasteiger partial charge in [0.25, 0.3) is 0 Å². The third-order valence-electron chi connectivity index (χ3n) is 3.76. The van der Waals surface area contributed by atoms with Gasteiger partial charge in [0.15, 0.2) is 0 Å². The van der Waals surface area contributed by atoms with Crippen molar-refractivity contribution in [3.8, 4) is 0 Å². The maximum absolute atomic E-state index is 13.9. The van der Waals surface area contributed by atoms with E-state index in [1.165, 1.54) is 11.6 Å². The summed E-state index contributed by atoms with van der Waals surface area (Å²) in [6, 6.07) is 8.26. The second-order valence-corrected chi connectivity index (χ2v) is 5.32. The molecule has 0 spiro atoms. The summed E-state index contributed by atoms with van der Waals surface area (Å²) in [7, 11) is 0. The molecule has 0 saturated carbocycles. The molecule has 3 rings (SSSR count). The Morgan fingerprint density at radius 3 is 3.00 bits per heavy atom. The first kappa shape index (κ1) is 12.6. The van der Waals surface area contributed by atoms with E-state index in [2.05, 4.69) is 11.1 Å². The molecule has 0 radical (unpaired) electrons. The average molecular weight is 277 g/mol. The molecule has 0 amide bonds. The van der Waals surface area contributed by atoms with Crippen LogP contribution in [0.5, 0.6) is 0 Å². The summed E-state index contributed by atoms with van der Waals surface area (Å²) in [5.41, 5.74) is 8.97. The molecule has 98 valence electrons. The fourth-order valence-electron chi connectivity index (χ4n) is 2.78. The molecule has 0 fully saturated rings. The third kappa shape index (κ3) is 2.24. The van der Waals surface area contributed by atoms with Gasteiger partial charge in [-0.05, 0) is 36.6 Å². The van der Waals surface area contributed by atoms with E-state index in [4.69, 9.17) is 17.3 Å². The predicted octanol–water partition coefficient (Wildman–Crippen LogP) is 3.60. The molecule has 0 saturated heterocycles. The van der Waals surface area contributed by atoms with Crippen molar-refractivity contribution in [3.63, 3.8) is 0 Å². The van der Waals surface area contributed by atoms with E-state index >= 15 is 0 Å². The van der Waals surface area contributed by atoms with E-state index in [1.54, 1.807) is 18.3 Å². The average Bonchev–Trinajstić information content (AvgIpc) is 2.82. The first-order valence-electron chi connectivity index (χ1n) is 6.31. The first-order chi connectivity index (χ1) is 9.16. The number of rotatable bonds is 2. The maximum atomic E-state index is 13.9. The lowest BCUT2D eigenvalue weighted by atomic mass is 9.91. The van der Waals surface area contributed by atoms with Gasteiger partial charge in [-0.1, -0.05) is 23.7 Å². The van der Waals surface area contributed by atoms with Crippen LogP contribution < -0.4 is 5.73 Å². The number of halogens is 2. The number of hydrogen-bond donors (Lipinski definition) is 1. The second-order valence-electron chi connectivity index (χ2n) is 4.88. The van der Waals surface area contributed by atoms with Crippen LogP contribution in [-0.2, 0) is 6.42 Å². The predicted molar refractivity (Wildman–Crippen MR) is 73.6 cm³/mol. The Morgan fingerprint density at radius 2 is 2.21 bits per heavy atom. The first-order valence-corrected chi connectivity index (χ1v) is 6.69. The highest BCUT2D eigenvalue weighted by molar-refractivity contribution is 6.30. The van der Waals surface area contributed by atoms with Crippen LogP contribution in [0.15, 0.2) is 36.5 Å². The summed E-state index contributed by atoms with van der Waals surface area (Å²) < 4.78 is 13.9. The summed E-state index contributed by atoms with van der Waals surface area (Å²) in [4.78, 5) is 4.41. The fourth-order valence-corrected chi connectivity index (χ4v) is 2.94. The molecular weight excluding hydrogens is 263 g/mol. The van der Waals surface area contributed by atoms with Crippen molar-refractivity contribution in [1.29, 1.82) is 0 Å². The van der Waals surface area contributed by atoms with Gasteiger partial charge < -0.3 is 5.73 Å². The smallest absolute Gasteiger partial charge is 0.129 e. The van der Waals surface area contributed by atoms with Crippen molar-refractivity contribution in [3.05, 3.63) is 64.2 Å². The molecule has 2 aromatic rings. The Labute approximate surface area is 116 Å². The molecule has 2 atom stereocenters. The molecule has 1 aromatic carbocycles. The lowest BCUT2D eigenvalue weighted by Gasteiger charge is -2.20. The van der Waals surface area contributed by atoms with Gasteiger partial charge >= 0.3 is 0 Å². The number of nitrogens with zero attached hydrogens (tertiary/aromatic N) is 1. The highest BCUT2D eigenvalue weighted by Crippen LogP contribution is 2.39. The van der Waals surface area contributed by atoms with Gasteiger partial charge in [0, 0.05) is 34.4 Å². The van der Waals surface area contributed by atoms with Crippen molar-refractivity contribution in [1.82, 2.24) is 4.98 Å². The standard InChI is InChI=1S/C15H14ClFN2/c16-10-4-6-11(13(17)8-10)14(18)12-5-3-9-2-1-7-19-15(9)12/h1-2,4,6-8,12,14H,3,5,18H2. The number of fused-ring (bicyclic) bond motifs is 1. The molecule has 0 aliphatic heterocycles. The Morgan fingerprint density at radius 1 is 1.37 bits per heavy atom. The SMILES string of the molecule is NC(c1ccc(Cl)cc1F)C1CCc2cccnc21. The number of aryl methyl sites for hydroxylation is 1. The fraction of sp³-hybridized carbons (Fsp3) is 0.267. The van der Waals surface area contributed by atoms with E-state index in [-0.39, 0.29) is 17.8 Å². The Kier molecular flexibility index (Phi) is 3.25. The zero-order chi connectivity index (χ0) is 13.4. The molecule has 1 aliphatic carbocycles. The lowest BCUT2D eigenvalue weighted by molar-refractivity contribution is 0.507. The summed E-state index contributed by atoms with van der Waals surface area (Å²) in [5.74, 6) is -0.267. The van der Waals surface area contributed by atoms with Gasteiger partial charge in [-0.15, -0.1) is 0 Å². The van der Waals surface area contributed by atoms with Crippen LogP contribution in [0.4, 0.5) is 4.39 Å². The molecule has 2 nitrogen and oxygen atoms in total. The van der Waals surface area contributed by atoms with Gasteiger partial charge in [-0.25, -0.2) is 4.39 Å². The van der Waals surface area contributed by atoms with Gasteiger partial charge in [-0.3, -0.25) is 4.98 Å². The summed E-state index contributed by atoms with van der Waals surface area (Å²) in [5, 5.41) is 0.387. The minimum absolute atomic E-state index is 0.0758. The zero-order valence-electron chi connectivity index (χ0n) is 10.3. The van der Waals surface area contributed by atoms with Crippen LogP contribution >= 0.6 is 11.6 Å². The van der Waals surface area contributed by atoms with E-state index in [9.17, 15) is 4.39 Å². The molecular formula is C15H14ClFN2. The van der Waals surface area contributed by atoms with Crippen LogP contribution in [0, 0.1) is 5.82 Å². The summed E-state index contributed by atoms with van der Waals surface area (Å²) in [6.07, 6.45) is 3.63. The minimum Gasteiger partial charge on any atom is -0.323 e. The van der Waals surface area contributed by atoms with Crippen LogP contribution in [0.25, 0.3) is 0 Å². The van der Waals surface area contributed by atoms with Crippen LogP contribution in [0.1, 0.15) is 35.2 Å². The number of nitrogens with two attached hydrogens (primary N) is 1. The third-order valence-corrected chi connectivity index (χ3v) is 3.99. The number of pyridine rings is 1. The van der Waals surface area contributed by atoms with Crippen molar-refractivity contribution in [2.75, 3.05) is 0 Å². The molecule has 0 bridgehead atoms. The topological polar surface area (TPSA) is 38.9 Å². The Bertz CT molecular complexity index is 615. The van der Waals surface area contributed by atoms with Gasteiger partial charge in [0.2, 0.25) is 0 Å². The largest absolute Gasteiger partial charge is 0.323 e. The summed E-state index contributed by atoms with van der Waals surface area (Å²) in [6.45, 7) is 0. The van der Waals surface area contributed by atoms with Gasteiger partial charge in [0.05, 0.1) is 0 Å². The number of hydrogen-bond acceptors (Lipinski definition) is 2. The van der Waals surface area contributed by atoms with Crippen molar-refractivity contribution < 1.29 is 4.39 Å². The number of benzene rings is 1. The lowest BCUT2D eigenvalue weighted by Crippen LogP contribution is -2.20. The highest BCUT2D eigenvalue weighted by Gasteiger charge is 2.30. The maximum Gasteiger partial charge on any atom is 0.129 e. The Hall–Kier alpha value is -1.45. The van der Waals surface area contributed by atoms with Crippen LogP contribution in [0.2, 0.25) is 5.02 Å². The quantitative estimate of drug-likeness (QED) is 0.910.